The first-order valence-corrected chi connectivity index (χ1v) is 6.54. The van der Waals surface area contributed by atoms with Crippen LogP contribution >= 0.6 is 23.2 Å². The molecule has 0 aromatic heterocycles. The topological polar surface area (TPSA) is 64.3 Å². The predicted octanol–water partition coefficient (Wildman–Crippen LogP) is 4.32. The molecule has 0 atom stereocenters. The molecule has 6 heteroatoms. The number of nitrogens with two attached hydrogens (primary N) is 1. The molecule has 0 saturated carbocycles. The maximum absolute atomic E-state index is 11.7. The highest BCUT2D eigenvalue weighted by Crippen LogP contribution is 2.30. The zero-order valence-electron chi connectivity index (χ0n) is 10.4. The van der Waals surface area contributed by atoms with Gasteiger partial charge in [-0.15, -0.1) is 0 Å². The number of rotatable bonds is 3. The highest BCUT2D eigenvalue weighted by Gasteiger charge is 2.09. The van der Waals surface area contributed by atoms with Crippen LogP contribution in [0, 0.1) is 0 Å². The normalized spacial score (nSPS) is 10.1. The first kappa shape index (κ1) is 14.5. The number of nitrogen functional groups attached to an aromatic ring is 1. The van der Waals surface area contributed by atoms with Crippen molar-refractivity contribution in [2.24, 2.45) is 0 Å². The monoisotopic (exact) mass is 310 g/mol. The quantitative estimate of drug-likeness (QED) is 0.830. The number of hydrogen-bond acceptors (Lipinski definition) is 3. The zero-order chi connectivity index (χ0) is 14.5. The number of anilines is 2. The van der Waals surface area contributed by atoms with E-state index in [9.17, 15) is 4.79 Å². The van der Waals surface area contributed by atoms with Gasteiger partial charge in [0.15, 0.2) is 0 Å². The fraction of sp³-hybridized carbons (Fsp3) is 0.0714. The van der Waals surface area contributed by atoms with Gasteiger partial charge in [0.05, 0.1) is 21.4 Å². The predicted molar refractivity (Wildman–Crippen MR) is 81.1 cm³/mol. The molecule has 104 valence electrons. The van der Waals surface area contributed by atoms with Crippen molar-refractivity contribution in [3.05, 3.63) is 58.1 Å². The van der Waals surface area contributed by atoms with Gasteiger partial charge in [-0.1, -0.05) is 53.5 Å². The average molecular weight is 311 g/mol. The van der Waals surface area contributed by atoms with E-state index >= 15 is 0 Å². The molecule has 3 N–H and O–H groups in total. The molecule has 2 aromatic rings. The van der Waals surface area contributed by atoms with Crippen molar-refractivity contribution in [2.75, 3.05) is 11.1 Å². The van der Waals surface area contributed by atoms with Gasteiger partial charge in [0.25, 0.3) is 0 Å². The van der Waals surface area contributed by atoms with Crippen molar-refractivity contribution in [3.63, 3.8) is 0 Å². The van der Waals surface area contributed by atoms with Crippen molar-refractivity contribution in [2.45, 2.75) is 6.61 Å². The molecule has 0 unspecified atom stereocenters. The molecule has 0 aliphatic rings. The lowest BCUT2D eigenvalue weighted by molar-refractivity contribution is 0.155. The summed E-state index contributed by atoms with van der Waals surface area (Å²) in [7, 11) is 0. The summed E-state index contributed by atoms with van der Waals surface area (Å²) in [6.45, 7) is 0.174. The minimum absolute atomic E-state index is 0.174. The molecule has 2 rings (SSSR count). The summed E-state index contributed by atoms with van der Waals surface area (Å²) < 4.78 is 5.07. The zero-order valence-corrected chi connectivity index (χ0v) is 11.9. The van der Waals surface area contributed by atoms with E-state index < -0.39 is 6.09 Å². The number of nitrogens with one attached hydrogen (secondary N) is 1. The maximum atomic E-state index is 11.7. The van der Waals surface area contributed by atoms with Crippen molar-refractivity contribution in [3.8, 4) is 0 Å². The second-order valence-corrected chi connectivity index (χ2v) is 4.85. The Labute approximate surface area is 126 Å². The summed E-state index contributed by atoms with van der Waals surface area (Å²) in [5, 5.41) is 3.12. The second kappa shape index (κ2) is 6.50. The van der Waals surface area contributed by atoms with Crippen LogP contribution in [-0.4, -0.2) is 6.09 Å². The van der Waals surface area contributed by atoms with E-state index in [2.05, 4.69) is 5.32 Å². The van der Waals surface area contributed by atoms with Gasteiger partial charge >= 0.3 is 6.09 Å². The molecule has 0 aliphatic carbocycles. The van der Waals surface area contributed by atoms with Gasteiger partial charge < -0.3 is 10.5 Å². The Hall–Kier alpha value is -1.91. The van der Waals surface area contributed by atoms with Crippen LogP contribution in [0.15, 0.2) is 42.5 Å². The van der Waals surface area contributed by atoms with Crippen molar-refractivity contribution >= 4 is 40.7 Å². The summed E-state index contributed by atoms with van der Waals surface area (Å²) in [6, 6.07) is 12.3. The minimum atomic E-state index is -0.614. The molecule has 4 nitrogen and oxygen atoms in total. The number of ether oxygens (including phenoxy) is 1. The van der Waals surface area contributed by atoms with Crippen molar-refractivity contribution < 1.29 is 9.53 Å². The fourth-order valence-electron chi connectivity index (χ4n) is 1.53. The number of carbonyl (C=O) groups is 1. The van der Waals surface area contributed by atoms with Gasteiger partial charge in [0, 0.05) is 0 Å². The van der Waals surface area contributed by atoms with Crippen LogP contribution in [0.3, 0.4) is 0 Å². The van der Waals surface area contributed by atoms with E-state index in [-0.39, 0.29) is 6.61 Å². The molecule has 1 amide bonds. The van der Waals surface area contributed by atoms with Crippen LogP contribution in [0.25, 0.3) is 0 Å². The fourth-order valence-corrected chi connectivity index (χ4v) is 1.91. The average Bonchev–Trinajstić information content (AvgIpc) is 2.44. The lowest BCUT2D eigenvalue weighted by Gasteiger charge is -2.10. The summed E-state index contributed by atoms with van der Waals surface area (Å²) >= 11 is 11.8. The van der Waals surface area contributed by atoms with Gasteiger partial charge in [0.1, 0.15) is 6.61 Å². The van der Waals surface area contributed by atoms with Crippen LogP contribution < -0.4 is 11.1 Å². The summed E-state index contributed by atoms with van der Waals surface area (Å²) in [6.07, 6.45) is -0.614. The lowest BCUT2D eigenvalue weighted by Crippen LogP contribution is -2.14. The van der Waals surface area contributed by atoms with Crippen molar-refractivity contribution in [1.29, 1.82) is 0 Å². The third-order valence-corrected chi connectivity index (χ3v) is 3.18. The maximum Gasteiger partial charge on any atom is 0.412 e. The minimum Gasteiger partial charge on any atom is -0.444 e. The van der Waals surface area contributed by atoms with Crippen LogP contribution in [0.1, 0.15) is 5.56 Å². The van der Waals surface area contributed by atoms with Gasteiger partial charge in [-0.2, -0.15) is 0 Å². The molecule has 0 fully saturated rings. The SMILES string of the molecule is Nc1cc(Cl)c(NC(=O)OCc2ccccc2)cc1Cl. The molecule has 0 bridgehead atoms. The Bertz CT molecular complexity index is 618. The van der Waals surface area contributed by atoms with Crippen LogP contribution in [0.2, 0.25) is 10.0 Å². The second-order valence-electron chi connectivity index (χ2n) is 4.04. The van der Waals surface area contributed by atoms with Gasteiger partial charge in [-0.05, 0) is 17.7 Å². The van der Waals surface area contributed by atoms with Crippen LogP contribution in [0.4, 0.5) is 16.2 Å². The van der Waals surface area contributed by atoms with Crippen LogP contribution in [0.5, 0.6) is 0 Å². The molecular weight excluding hydrogens is 299 g/mol. The Morgan fingerprint density at radius 1 is 1.15 bits per heavy atom. The molecule has 20 heavy (non-hydrogen) atoms. The third kappa shape index (κ3) is 3.79. The van der Waals surface area contributed by atoms with E-state index in [4.69, 9.17) is 33.7 Å². The molecular formula is C14H12Cl2N2O2. The first-order chi connectivity index (χ1) is 9.56. The number of carbonyl (C=O) groups excluding carboxylic acids is 1. The number of halogens is 2. The van der Waals surface area contributed by atoms with E-state index in [1.165, 1.54) is 12.1 Å². The molecule has 0 radical (unpaired) electrons. The Morgan fingerprint density at radius 2 is 1.85 bits per heavy atom. The highest BCUT2D eigenvalue weighted by molar-refractivity contribution is 6.37. The number of benzene rings is 2. The van der Waals surface area contributed by atoms with E-state index in [1.807, 2.05) is 30.3 Å². The Kier molecular flexibility index (Phi) is 4.71. The van der Waals surface area contributed by atoms with E-state index in [0.29, 0.717) is 21.4 Å². The van der Waals surface area contributed by atoms with Gasteiger partial charge in [-0.3, -0.25) is 5.32 Å². The standard InChI is InChI=1S/C14H12Cl2N2O2/c15-10-7-13(11(16)6-12(10)17)18-14(19)20-8-9-4-2-1-3-5-9/h1-7H,8,17H2,(H,18,19). The summed E-state index contributed by atoms with van der Waals surface area (Å²) in [5.41, 5.74) is 7.19. The van der Waals surface area contributed by atoms with Crippen molar-refractivity contribution in [1.82, 2.24) is 0 Å². The Balaban J connectivity index is 1.97. The largest absolute Gasteiger partial charge is 0.444 e. The first-order valence-electron chi connectivity index (χ1n) is 5.78. The number of amides is 1. The van der Waals surface area contributed by atoms with Gasteiger partial charge in [0.2, 0.25) is 0 Å². The number of hydrogen-bond donors (Lipinski definition) is 2. The highest BCUT2D eigenvalue weighted by atomic mass is 35.5. The van der Waals surface area contributed by atoms with Gasteiger partial charge in [-0.25, -0.2) is 4.79 Å². The van der Waals surface area contributed by atoms with E-state index in [0.717, 1.165) is 5.56 Å². The third-order valence-electron chi connectivity index (χ3n) is 2.54. The van der Waals surface area contributed by atoms with Crippen LogP contribution in [-0.2, 0) is 11.3 Å². The summed E-state index contributed by atoms with van der Waals surface area (Å²) in [4.78, 5) is 11.7. The smallest absolute Gasteiger partial charge is 0.412 e. The summed E-state index contributed by atoms with van der Waals surface area (Å²) in [5.74, 6) is 0. The molecule has 0 heterocycles. The molecule has 0 aliphatic heterocycles. The Morgan fingerprint density at radius 3 is 2.55 bits per heavy atom. The van der Waals surface area contributed by atoms with E-state index in [1.54, 1.807) is 0 Å². The molecule has 0 spiro atoms. The molecule has 2 aromatic carbocycles. The lowest BCUT2D eigenvalue weighted by atomic mass is 10.2. The molecule has 0 saturated heterocycles.